The van der Waals surface area contributed by atoms with Crippen molar-refractivity contribution in [3.05, 3.63) is 54.7 Å². The normalized spacial score (nSPS) is 15.6. The van der Waals surface area contributed by atoms with Crippen LogP contribution in [-0.2, 0) is 4.74 Å². The standard InChI is InChI=1S/C21H21N5O4/c1-2-29-18-4-3-6-23-21(18)30-17-8-14(9-22-12-17)19-24-10-15(11-25-19)20(27)26-16-5-7-28-13-16/h3-4,6,8-12,16H,2,5,7,13H2,1H3,(H,26,27)/t16-/m1/s1. The van der Waals surface area contributed by atoms with Crippen molar-refractivity contribution in [3.63, 3.8) is 0 Å². The van der Waals surface area contributed by atoms with Crippen LogP contribution in [-0.4, -0.2) is 51.7 Å². The zero-order chi connectivity index (χ0) is 20.8. The molecule has 0 spiro atoms. The molecule has 1 N–H and O–H groups in total. The van der Waals surface area contributed by atoms with Crippen molar-refractivity contribution >= 4 is 5.91 Å². The highest BCUT2D eigenvalue weighted by molar-refractivity contribution is 5.93. The fraction of sp³-hybridized carbons (Fsp3) is 0.286. The second-order valence-corrected chi connectivity index (χ2v) is 6.58. The van der Waals surface area contributed by atoms with Crippen LogP contribution in [0.4, 0.5) is 0 Å². The second-order valence-electron chi connectivity index (χ2n) is 6.58. The molecule has 3 aromatic rings. The lowest BCUT2D eigenvalue weighted by Gasteiger charge is -2.11. The number of pyridine rings is 2. The maximum atomic E-state index is 12.3. The molecule has 9 heteroatoms. The number of hydrogen-bond acceptors (Lipinski definition) is 8. The van der Waals surface area contributed by atoms with Gasteiger partial charge in [-0.1, -0.05) is 0 Å². The minimum Gasteiger partial charge on any atom is -0.488 e. The van der Waals surface area contributed by atoms with Crippen molar-refractivity contribution < 1.29 is 19.0 Å². The van der Waals surface area contributed by atoms with Crippen LogP contribution in [0.15, 0.2) is 49.2 Å². The number of nitrogens with zero attached hydrogens (tertiary/aromatic N) is 4. The van der Waals surface area contributed by atoms with Crippen molar-refractivity contribution in [1.82, 2.24) is 25.3 Å². The Morgan fingerprint density at radius 3 is 2.87 bits per heavy atom. The Morgan fingerprint density at radius 1 is 1.23 bits per heavy atom. The van der Waals surface area contributed by atoms with Gasteiger partial charge in [-0.2, -0.15) is 0 Å². The molecule has 1 aliphatic rings. The third-order valence-electron chi connectivity index (χ3n) is 4.40. The summed E-state index contributed by atoms with van der Waals surface area (Å²) in [5.41, 5.74) is 1.04. The van der Waals surface area contributed by atoms with Gasteiger partial charge < -0.3 is 19.5 Å². The van der Waals surface area contributed by atoms with Gasteiger partial charge in [0.05, 0.1) is 31.0 Å². The van der Waals surface area contributed by atoms with Gasteiger partial charge in [0.25, 0.3) is 11.8 Å². The molecule has 4 rings (SSSR count). The highest BCUT2D eigenvalue weighted by Crippen LogP contribution is 2.30. The van der Waals surface area contributed by atoms with Crippen molar-refractivity contribution in [2.75, 3.05) is 19.8 Å². The Morgan fingerprint density at radius 2 is 2.10 bits per heavy atom. The Hall–Kier alpha value is -3.59. The molecule has 1 amide bonds. The summed E-state index contributed by atoms with van der Waals surface area (Å²) >= 11 is 0. The zero-order valence-corrected chi connectivity index (χ0v) is 16.4. The smallest absolute Gasteiger partial charge is 0.262 e. The summed E-state index contributed by atoms with van der Waals surface area (Å²) in [5, 5.41) is 2.91. The predicted octanol–water partition coefficient (Wildman–Crippen LogP) is 2.64. The van der Waals surface area contributed by atoms with Crippen molar-refractivity contribution in [3.8, 4) is 28.8 Å². The van der Waals surface area contributed by atoms with Gasteiger partial charge in [0.1, 0.15) is 5.75 Å². The Labute approximate surface area is 173 Å². The first-order valence-electron chi connectivity index (χ1n) is 9.64. The molecule has 0 aliphatic carbocycles. The number of amides is 1. The van der Waals surface area contributed by atoms with Gasteiger partial charge in [-0.3, -0.25) is 9.78 Å². The first kappa shape index (κ1) is 19.7. The van der Waals surface area contributed by atoms with Crippen molar-refractivity contribution in [1.29, 1.82) is 0 Å². The summed E-state index contributed by atoms with van der Waals surface area (Å²) in [6.45, 7) is 3.59. The molecule has 9 nitrogen and oxygen atoms in total. The second kappa shape index (κ2) is 9.27. The van der Waals surface area contributed by atoms with E-state index in [1.165, 1.54) is 12.4 Å². The van der Waals surface area contributed by atoms with Crippen LogP contribution >= 0.6 is 0 Å². The maximum Gasteiger partial charge on any atom is 0.262 e. The van der Waals surface area contributed by atoms with E-state index >= 15 is 0 Å². The van der Waals surface area contributed by atoms with Gasteiger partial charge in [-0.05, 0) is 31.5 Å². The summed E-state index contributed by atoms with van der Waals surface area (Å²) in [4.78, 5) is 29.3. The van der Waals surface area contributed by atoms with Crippen LogP contribution in [0.1, 0.15) is 23.7 Å². The van der Waals surface area contributed by atoms with Crippen molar-refractivity contribution in [2.24, 2.45) is 0 Å². The third kappa shape index (κ3) is 4.69. The zero-order valence-electron chi connectivity index (χ0n) is 16.4. The van der Waals surface area contributed by atoms with Crippen LogP contribution in [0.3, 0.4) is 0 Å². The number of ether oxygens (including phenoxy) is 3. The first-order valence-corrected chi connectivity index (χ1v) is 9.64. The molecule has 4 heterocycles. The maximum absolute atomic E-state index is 12.3. The molecule has 1 aliphatic heterocycles. The molecule has 1 saturated heterocycles. The van der Waals surface area contributed by atoms with E-state index in [9.17, 15) is 4.79 Å². The largest absolute Gasteiger partial charge is 0.488 e. The quantitative estimate of drug-likeness (QED) is 0.637. The number of nitrogens with one attached hydrogen (secondary N) is 1. The van der Waals surface area contributed by atoms with Crippen LogP contribution in [0, 0.1) is 0 Å². The lowest BCUT2D eigenvalue weighted by atomic mass is 10.2. The van der Waals surface area contributed by atoms with Gasteiger partial charge in [0.2, 0.25) is 0 Å². The molecule has 30 heavy (non-hydrogen) atoms. The number of hydrogen-bond donors (Lipinski definition) is 1. The lowest BCUT2D eigenvalue weighted by molar-refractivity contribution is 0.0929. The highest BCUT2D eigenvalue weighted by atomic mass is 16.5. The van der Waals surface area contributed by atoms with E-state index in [2.05, 4.69) is 25.3 Å². The third-order valence-corrected chi connectivity index (χ3v) is 4.40. The minimum atomic E-state index is -0.217. The van der Waals surface area contributed by atoms with E-state index in [1.54, 1.807) is 36.8 Å². The van der Waals surface area contributed by atoms with E-state index in [-0.39, 0.29) is 11.9 Å². The van der Waals surface area contributed by atoms with E-state index in [0.717, 1.165) is 6.42 Å². The fourth-order valence-corrected chi connectivity index (χ4v) is 2.94. The van der Waals surface area contributed by atoms with Gasteiger partial charge in [-0.15, -0.1) is 0 Å². The summed E-state index contributed by atoms with van der Waals surface area (Å²) < 4.78 is 16.6. The number of aromatic nitrogens is 4. The van der Waals surface area contributed by atoms with E-state index in [4.69, 9.17) is 14.2 Å². The van der Waals surface area contributed by atoms with E-state index < -0.39 is 0 Å². The van der Waals surface area contributed by atoms with Crippen LogP contribution in [0.5, 0.6) is 17.4 Å². The SMILES string of the molecule is CCOc1cccnc1Oc1cncc(-c2ncc(C(=O)N[C@@H]3CCOC3)cn2)c1. The van der Waals surface area contributed by atoms with Gasteiger partial charge in [0, 0.05) is 37.0 Å². The summed E-state index contributed by atoms with van der Waals surface area (Å²) in [5.74, 6) is 1.58. The average Bonchev–Trinajstić information content (AvgIpc) is 3.29. The molecule has 3 aromatic heterocycles. The van der Waals surface area contributed by atoms with Crippen LogP contribution in [0.2, 0.25) is 0 Å². The number of carbonyl (C=O) groups excluding carboxylic acids is 1. The molecule has 0 radical (unpaired) electrons. The lowest BCUT2D eigenvalue weighted by Crippen LogP contribution is -2.35. The molecule has 1 fully saturated rings. The molecule has 0 bridgehead atoms. The van der Waals surface area contributed by atoms with E-state index in [0.29, 0.717) is 54.2 Å². The molecule has 0 saturated carbocycles. The molecular formula is C21H21N5O4. The van der Waals surface area contributed by atoms with Crippen molar-refractivity contribution in [2.45, 2.75) is 19.4 Å². The Kier molecular flexibility index (Phi) is 6.09. The summed E-state index contributed by atoms with van der Waals surface area (Å²) in [6, 6.07) is 5.34. The average molecular weight is 407 g/mol. The van der Waals surface area contributed by atoms with Gasteiger partial charge in [-0.25, -0.2) is 15.0 Å². The fourth-order valence-electron chi connectivity index (χ4n) is 2.94. The highest BCUT2D eigenvalue weighted by Gasteiger charge is 2.19. The predicted molar refractivity (Wildman–Crippen MR) is 107 cm³/mol. The van der Waals surface area contributed by atoms with Gasteiger partial charge in [0.15, 0.2) is 11.6 Å². The Bertz CT molecular complexity index is 1010. The molecule has 0 unspecified atom stereocenters. The molecular weight excluding hydrogens is 386 g/mol. The van der Waals surface area contributed by atoms with Crippen LogP contribution < -0.4 is 14.8 Å². The molecule has 154 valence electrons. The summed E-state index contributed by atoms with van der Waals surface area (Å²) in [6.07, 6.45) is 8.61. The van der Waals surface area contributed by atoms with Crippen LogP contribution in [0.25, 0.3) is 11.4 Å². The monoisotopic (exact) mass is 407 g/mol. The topological polar surface area (TPSA) is 108 Å². The minimum absolute atomic E-state index is 0.0309. The molecule has 1 atom stereocenters. The Balaban J connectivity index is 1.48. The number of rotatable bonds is 7. The first-order chi connectivity index (χ1) is 14.7. The molecule has 0 aromatic carbocycles. The van der Waals surface area contributed by atoms with Gasteiger partial charge >= 0.3 is 0 Å². The number of carbonyl (C=O) groups is 1. The van der Waals surface area contributed by atoms with E-state index in [1.807, 2.05) is 6.92 Å². The summed E-state index contributed by atoms with van der Waals surface area (Å²) in [7, 11) is 0.